The average Bonchev–Trinajstić information content (AvgIpc) is 2.60. The zero-order valence-electron chi connectivity index (χ0n) is 17.3. The SMILES string of the molecule is CCCC(C)OC(=O)C1NC(C)C(C)NC1C(=O)Nc1cc(C)ccc1C. The minimum atomic E-state index is -0.722. The van der Waals surface area contributed by atoms with Crippen LogP contribution in [0, 0.1) is 13.8 Å². The minimum absolute atomic E-state index is 0.0498. The molecule has 6 nitrogen and oxygen atoms in total. The van der Waals surface area contributed by atoms with Gasteiger partial charge in [0.15, 0.2) is 0 Å². The van der Waals surface area contributed by atoms with E-state index in [1.54, 1.807) is 0 Å². The van der Waals surface area contributed by atoms with Gasteiger partial charge in [0.1, 0.15) is 12.1 Å². The monoisotopic (exact) mass is 375 g/mol. The first-order chi connectivity index (χ1) is 12.7. The van der Waals surface area contributed by atoms with E-state index in [4.69, 9.17) is 4.74 Å². The van der Waals surface area contributed by atoms with Gasteiger partial charge in [-0.3, -0.25) is 20.2 Å². The summed E-state index contributed by atoms with van der Waals surface area (Å²) in [6.07, 6.45) is 1.58. The molecule has 1 aromatic carbocycles. The Balaban J connectivity index is 2.17. The number of rotatable bonds is 6. The molecule has 0 aliphatic carbocycles. The lowest BCUT2D eigenvalue weighted by Crippen LogP contribution is -2.69. The molecule has 1 aliphatic heterocycles. The summed E-state index contributed by atoms with van der Waals surface area (Å²) in [4.78, 5) is 25.7. The van der Waals surface area contributed by atoms with E-state index in [1.165, 1.54) is 0 Å². The number of carbonyl (C=O) groups excluding carboxylic acids is 2. The van der Waals surface area contributed by atoms with Crippen molar-refractivity contribution in [2.24, 2.45) is 0 Å². The molecule has 1 fully saturated rings. The largest absolute Gasteiger partial charge is 0.461 e. The molecule has 150 valence electrons. The minimum Gasteiger partial charge on any atom is -0.461 e. The maximum Gasteiger partial charge on any atom is 0.325 e. The molecule has 5 atom stereocenters. The molecule has 27 heavy (non-hydrogen) atoms. The first kappa shape index (κ1) is 21.4. The third kappa shape index (κ3) is 5.53. The average molecular weight is 376 g/mol. The zero-order valence-corrected chi connectivity index (χ0v) is 17.3. The number of ether oxygens (including phenoxy) is 1. The van der Waals surface area contributed by atoms with Crippen molar-refractivity contribution in [3.63, 3.8) is 0 Å². The van der Waals surface area contributed by atoms with Crippen LogP contribution < -0.4 is 16.0 Å². The summed E-state index contributed by atoms with van der Waals surface area (Å²) in [5.41, 5.74) is 2.81. The normalized spacial score (nSPS) is 26.3. The smallest absolute Gasteiger partial charge is 0.325 e. The summed E-state index contributed by atoms with van der Waals surface area (Å²) >= 11 is 0. The van der Waals surface area contributed by atoms with Crippen LogP contribution in [0.1, 0.15) is 51.7 Å². The number of hydrogen-bond donors (Lipinski definition) is 3. The van der Waals surface area contributed by atoms with Crippen LogP contribution in [0.15, 0.2) is 18.2 Å². The summed E-state index contributed by atoms with van der Waals surface area (Å²) in [7, 11) is 0. The number of carbonyl (C=O) groups is 2. The Morgan fingerprint density at radius 2 is 1.78 bits per heavy atom. The van der Waals surface area contributed by atoms with Gasteiger partial charge in [-0.25, -0.2) is 0 Å². The van der Waals surface area contributed by atoms with Crippen molar-refractivity contribution < 1.29 is 14.3 Å². The molecule has 1 aliphatic rings. The van der Waals surface area contributed by atoms with E-state index in [1.807, 2.05) is 52.8 Å². The molecule has 3 N–H and O–H groups in total. The highest BCUT2D eigenvalue weighted by atomic mass is 16.5. The second kappa shape index (κ2) is 9.33. The van der Waals surface area contributed by atoms with Crippen LogP contribution in [0.3, 0.4) is 0 Å². The summed E-state index contributed by atoms with van der Waals surface area (Å²) in [6.45, 7) is 11.9. The summed E-state index contributed by atoms with van der Waals surface area (Å²) in [5, 5.41) is 9.51. The lowest BCUT2D eigenvalue weighted by Gasteiger charge is -2.39. The van der Waals surface area contributed by atoms with Gasteiger partial charge in [0, 0.05) is 17.8 Å². The molecule has 0 radical (unpaired) electrons. The Morgan fingerprint density at radius 1 is 1.15 bits per heavy atom. The predicted molar refractivity (Wildman–Crippen MR) is 108 cm³/mol. The summed E-state index contributed by atoms with van der Waals surface area (Å²) < 4.78 is 5.57. The fourth-order valence-corrected chi connectivity index (χ4v) is 3.30. The van der Waals surface area contributed by atoms with Gasteiger partial charge in [-0.1, -0.05) is 25.5 Å². The first-order valence-corrected chi connectivity index (χ1v) is 9.83. The number of piperazine rings is 1. The fraction of sp³-hybridized carbons (Fsp3) is 0.619. The van der Waals surface area contributed by atoms with E-state index >= 15 is 0 Å². The number of esters is 1. The van der Waals surface area contributed by atoms with Gasteiger partial charge >= 0.3 is 5.97 Å². The molecule has 0 saturated carbocycles. The Morgan fingerprint density at radius 3 is 2.41 bits per heavy atom. The molecular weight excluding hydrogens is 342 g/mol. The number of benzene rings is 1. The number of anilines is 1. The molecule has 1 amide bonds. The van der Waals surface area contributed by atoms with E-state index in [0.717, 1.165) is 29.7 Å². The molecule has 0 spiro atoms. The van der Waals surface area contributed by atoms with Gasteiger partial charge in [0.2, 0.25) is 5.91 Å². The van der Waals surface area contributed by atoms with Crippen LogP contribution in [-0.4, -0.2) is 42.1 Å². The Kier molecular flexibility index (Phi) is 7.39. The van der Waals surface area contributed by atoms with E-state index < -0.39 is 12.1 Å². The molecule has 0 bridgehead atoms. The molecule has 1 saturated heterocycles. The topological polar surface area (TPSA) is 79.5 Å². The van der Waals surface area contributed by atoms with Crippen molar-refractivity contribution >= 4 is 17.6 Å². The van der Waals surface area contributed by atoms with E-state index in [2.05, 4.69) is 22.9 Å². The van der Waals surface area contributed by atoms with Crippen LogP contribution in [0.25, 0.3) is 0 Å². The van der Waals surface area contributed by atoms with Crippen molar-refractivity contribution in [3.05, 3.63) is 29.3 Å². The number of amides is 1. The maximum absolute atomic E-state index is 13.0. The van der Waals surface area contributed by atoms with E-state index in [-0.39, 0.29) is 30.1 Å². The lowest BCUT2D eigenvalue weighted by molar-refractivity contribution is -0.154. The van der Waals surface area contributed by atoms with Gasteiger partial charge in [-0.15, -0.1) is 0 Å². The Hall–Kier alpha value is -1.92. The summed E-state index contributed by atoms with van der Waals surface area (Å²) in [6, 6.07) is 4.60. The fourth-order valence-electron chi connectivity index (χ4n) is 3.30. The highest BCUT2D eigenvalue weighted by Crippen LogP contribution is 2.19. The molecule has 1 aromatic rings. The quantitative estimate of drug-likeness (QED) is 0.666. The van der Waals surface area contributed by atoms with Crippen molar-refractivity contribution in [2.75, 3.05) is 5.32 Å². The Bertz CT molecular complexity index is 677. The predicted octanol–water partition coefficient (Wildman–Crippen LogP) is 2.68. The highest BCUT2D eigenvalue weighted by molar-refractivity contribution is 5.99. The first-order valence-electron chi connectivity index (χ1n) is 9.83. The third-order valence-electron chi connectivity index (χ3n) is 5.17. The number of hydrogen-bond acceptors (Lipinski definition) is 5. The van der Waals surface area contributed by atoms with E-state index in [0.29, 0.717) is 0 Å². The van der Waals surface area contributed by atoms with Crippen molar-refractivity contribution in [1.29, 1.82) is 0 Å². The second-order valence-electron chi connectivity index (χ2n) is 7.71. The molecule has 1 heterocycles. The van der Waals surface area contributed by atoms with Gasteiger partial charge in [-0.2, -0.15) is 0 Å². The van der Waals surface area contributed by atoms with Crippen molar-refractivity contribution in [3.8, 4) is 0 Å². The number of aryl methyl sites for hydroxylation is 2. The highest BCUT2D eigenvalue weighted by Gasteiger charge is 2.41. The molecule has 2 rings (SSSR count). The number of nitrogens with one attached hydrogen (secondary N) is 3. The molecular formula is C21H33N3O3. The van der Waals surface area contributed by atoms with Crippen LogP contribution in [0.4, 0.5) is 5.69 Å². The molecule has 0 aromatic heterocycles. The second-order valence-corrected chi connectivity index (χ2v) is 7.71. The van der Waals surface area contributed by atoms with E-state index in [9.17, 15) is 9.59 Å². The van der Waals surface area contributed by atoms with Crippen molar-refractivity contribution in [1.82, 2.24) is 10.6 Å². The standard InChI is InChI=1S/C21H33N3O3/c1-7-8-14(4)27-21(26)19-18(22-15(5)16(6)23-19)20(25)24-17-11-12(2)9-10-13(17)3/h9-11,14-16,18-19,22-23H,7-8H2,1-6H3,(H,24,25). The van der Waals surface area contributed by atoms with Crippen LogP contribution >= 0.6 is 0 Å². The van der Waals surface area contributed by atoms with Gasteiger partial charge in [0.05, 0.1) is 6.10 Å². The van der Waals surface area contributed by atoms with Crippen LogP contribution in [0.5, 0.6) is 0 Å². The molecule has 5 unspecified atom stereocenters. The third-order valence-corrected chi connectivity index (χ3v) is 5.17. The van der Waals surface area contributed by atoms with Crippen LogP contribution in [0.2, 0.25) is 0 Å². The van der Waals surface area contributed by atoms with Crippen molar-refractivity contribution in [2.45, 2.75) is 84.7 Å². The van der Waals surface area contributed by atoms with Gasteiger partial charge in [-0.05, 0) is 58.2 Å². The van der Waals surface area contributed by atoms with Crippen LogP contribution in [-0.2, 0) is 14.3 Å². The molecule has 6 heteroatoms. The maximum atomic E-state index is 13.0. The summed E-state index contributed by atoms with van der Waals surface area (Å²) in [5.74, 6) is -0.622. The van der Waals surface area contributed by atoms with Gasteiger partial charge < -0.3 is 10.1 Å². The lowest BCUT2D eigenvalue weighted by atomic mass is 9.97. The van der Waals surface area contributed by atoms with Gasteiger partial charge in [0.25, 0.3) is 0 Å². The Labute approximate surface area is 162 Å². The zero-order chi connectivity index (χ0) is 20.1.